The molecule has 6 nitrogen and oxygen atoms in total. The van der Waals surface area contributed by atoms with Gasteiger partial charge in [0.05, 0.1) is 21.4 Å². The second-order valence-electron chi connectivity index (χ2n) is 7.62. The quantitative estimate of drug-likeness (QED) is 0.416. The minimum atomic E-state index is -0.304. The molecule has 4 aromatic rings. The highest BCUT2D eigenvalue weighted by Gasteiger charge is 2.25. The highest BCUT2D eigenvalue weighted by molar-refractivity contribution is 7.80. The van der Waals surface area contributed by atoms with E-state index in [0.717, 1.165) is 59.5 Å². The molecule has 5 rings (SSSR count). The smallest absolute Gasteiger partial charge is 0.261 e. The average Bonchev–Trinajstić information content (AvgIpc) is 3.40. The second kappa shape index (κ2) is 8.86. The van der Waals surface area contributed by atoms with E-state index < -0.39 is 0 Å². The zero-order valence-corrected chi connectivity index (χ0v) is 18.3. The molecule has 2 aromatic carbocycles. The number of anilines is 1. The summed E-state index contributed by atoms with van der Waals surface area (Å²) in [6.45, 7) is 3.25. The predicted molar refractivity (Wildman–Crippen MR) is 124 cm³/mol. The van der Waals surface area contributed by atoms with E-state index in [0.29, 0.717) is 23.3 Å². The summed E-state index contributed by atoms with van der Waals surface area (Å²) in [6, 6.07) is 10.6. The molecule has 1 saturated heterocycles. The first kappa shape index (κ1) is 20.3. The molecule has 0 atom stereocenters. The van der Waals surface area contributed by atoms with Gasteiger partial charge in [-0.05, 0) is 68.5 Å². The molecular formula is C22H21FN4O2S2. The number of halogens is 1. The van der Waals surface area contributed by atoms with E-state index in [1.807, 2.05) is 23.7 Å². The number of likely N-dealkylation sites (tertiary alicyclic amines) is 1. The zero-order valence-electron chi connectivity index (χ0n) is 16.7. The fraction of sp³-hybridized carbons (Fsp3) is 0.318. The Morgan fingerprint density at radius 2 is 2.13 bits per heavy atom. The van der Waals surface area contributed by atoms with E-state index in [1.54, 1.807) is 17.4 Å². The maximum Gasteiger partial charge on any atom is 0.261 e. The number of fused-ring (bicyclic) bond motifs is 2. The molecule has 1 N–H and O–H groups in total. The largest absolute Gasteiger partial charge is 0.469 e. The fourth-order valence-corrected chi connectivity index (χ4v) is 4.93. The first-order valence-corrected chi connectivity index (χ1v) is 11.5. The van der Waals surface area contributed by atoms with E-state index in [-0.39, 0.29) is 5.82 Å². The summed E-state index contributed by atoms with van der Waals surface area (Å²) in [5.41, 5.74) is 5.17. The van der Waals surface area contributed by atoms with Crippen molar-refractivity contribution in [3.8, 4) is 0 Å². The van der Waals surface area contributed by atoms with Crippen LogP contribution in [0.3, 0.4) is 0 Å². The molecule has 160 valence electrons. The molecule has 0 radical (unpaired) electrons. The van der Waals surface area contributed by atoms with Crippen LogP contribution < -0.4 is 5.32 Å². The highest BCUT2D eigenvalue weighted by Crippen LogP contribution is 2.32. The van der Waals surface area contributed by atoms with Crippen molar-refractivity contribution in [1.82, 2.24) is 15.0 Å². The zero-order chi connectivity index (χ0) is 21.2. The highest BCUT2D eigenvalue weighted by atomic mass is 32.1. The van der Waals surface area contributed by atoms with Gasteiger partial charge in [-0.15, -0.1) is 11.3 Å². The topological polar surface area (TPSA) is 63.4 Å². The molecule has 9 heteroatoms. The van der Waals surface area contributed by atoms with Crippen LogP contribution in [0.4, 0.5) is 10.1 Å². The lowest BCUT2D eigenvalue weighted by Gasteiger charge is -2.31. The van der Waals surface area contributed by atoms with E-state index in [2.05, 4.69) is 20.4 Å². The summed E-state index contributed by atoms with van der Waals surface area (Å²) < 4.78 is 25.5. The lowest BCUT2D eigenvalue weighted by molar-refractivity contribution is 0.169. The lowest BCUT2D eigenvalue weighted by Crippen LogP contribution is -2.36. The van der Waals surface area contributed by atoms with Gasteiger partial charge in [0.15, 0.2) is 5.58 Å². The lowest BCUT2D eigenvalue weighted by atomic mass is 9.91. The molecular weight excluding hydrogens is 435 g/mol. The minimum absolute atomic E-state index is 0.304. The van der Waals surface area contributed by atoms with Crippen LogP contribution in [0.15, 0.2) is 46.4 Å². The van der Waals surface area contributed by atoms with Crippen LogP contribution in [0.2, 0.25) is 0 Å². The summed E-state index contributed by atoms with van der Waals surface area (Å²) >= 11 is 6.92. The summed E-state index contributed by atoms with van der Waals surface area (Å²) in [5, 5.41) is 8.63. The van der Waals surface area contributed by atoms with Gasteiger partial charge < -0.3 is 14.6 Å². The maximum absolute atomic E-state index is 13.4. The van der Waals surface area contributed by atoms with E-state index in [1.165, 1.54) is 12.1 Å². The molecule has 0 amide bonds. The molecule has 0 unspecified atom stereocenters. The Kier molecular flexibility index (Phi) is 5.80. The first-order chi connectivity index (χ1) is 15.2. The molecule has 0 aliphatic carbocycles. The van der Waals surface area contributed by atoms with E-state index >= 15 is 0 Å². The summed E-state index contributed by atoms with van der Waals surface area (Å²) in [5.74, 6) is 0.0229. The number of aromatic nitrogens is 2. The Labute approximate surface area is 188 Å². The normalized spacial score (nSPS) is 15.5. The molecule has 3 heterocycles. The Hall–Kier alpha value is -2.62. The van der Waals surface area contributed by atoms with Gasteiger partial charge in [-0.1, -0.05) is 5.16 Å². The minimum Gasteiger partial charge on any atom is -0.469 e. The Bertz CT molecular complexity index is 1220. The van der Waals surface area contributed by atoms with Gasteiger partial charge >= 0.3 is 0 Å². The monoisotopic (exact) mass is 456 g/mol. The third-order valence-corrected chi connectivity index (χ3v) is 6.67. The summed E-state index contributed by atoms with van der Waals surface area (Å²) in [4.78, 5) is 6.64. The summed E-state index contributed by atoms with van der Waals surface area (Å²) in [7, 11) is 0. The third-order valence-electron chi connectivity index (χ3n) is 5.65. The second-order valence-corrected chi connectivity index (χ2v) is 8.88. The number of benzene rings is 2. The maximum atomic E-state index is 13.4. The molecule has 0 saturated carbocycles. The SMILES string of the molecule is Fc1ccc2c(C3CCN(CCOC(=S)Nc4ccc5ncsc5c4)CC3)noc2c1. The van der Waals surface area contributed by atoms with E-state index in [9.17, 15) is 4.39 Å². The van der Waals surface area contributed by atoms with Crippen molar-refractivity contribution in [3.63, 3.8) is 0 Å². The number of thiazole rings is 1. The van der Waals surface area contributed by atoms with Crippen LogP contribution in [-0.4, -0.2) is 46.5 Å². The Morgan fingerprint density at radius 3 is 3.00 bits per heavy atom. The predicted octanol–water partition coefficient (Wildman–Crippen LogP) is 5.17. The number of nitrogens with zero attached hydrogens (tertiary/aromatic N) is 3. The van der Waals surface area contributed by atoms with Crippen LogP contribution in [0, 0.1) is 5.82 Å². The molecule has 31 heavy (non-hydrogen) atoms. The number of rotatable bonds is 5. The Morgan fingerprint density at radius 1 is 1.26 bits per heavy atom. The van der Waals surface area contributed by atoms with Crippen LogP contribution in [0.5, 0.6) is 0 Å². The van der Waals surface area contributed by atoms with Crippen molar-refractivity contribution >= 4 is 55.6 Å². The van der Waals surface area contributed by atoms with Crippen molar-refractivity contribution in [2.45, 2.75) is 18.8 Å². The number of hydrogen-bond donors (Lipinski definition) is 1. The Balaban J connectivity index is 1.08. The van der Waals surface area contributed by atoms with Gasteiger partial charge in [-0.3, -0.25) is 4.90 Å². The van der Waals surface area contributed by atoms with Gasteiger partial charge in [0.1, 0.15) is 12.4 Å². The summed E-state index contributed by atoms with van der Waals surface area (Å²) in [6.07, 6.45) is 1.97. The first-order valence-electron chi connectivity index (χ1n) is 10.2. The number of thiocarbonyl (C=S) groups is 1. The van der Waals surface area contributed by atoms with Crippen molar-refractivity contribution in [1.29, 1.82) is 0 Å². The van der Waals surface area contributed by atoms with Crippen molar-refractivity contribution < 1.29 is 13.7 Å². The average molecular weight is 457 g/mol. The van der Waals surface area contributed by atoms with Gasteiger partial charge in [0.2, 0.25) is 0 Å². The molecule has 1 aliphatic heterocycles. The van der Waals surface area contributed by atoms with Gasteiger partial charge in [0, 0.05) is 29.6 Å². The van der Waals surface area contributed by atoms with Gasteiger partial charge in [0.25, 0.3) is 5.17 Å². The van der Waals surface area contributed by atoms with Crippen LogP contribution in [-0.2, 0) is 4.74 Å². The molecule has 1 fully saturated rings. The molecule has 0 spiro atoms. The number of nitrogens with one attached hydrogen (secondary N) is 1. The van der Waals surface area contributed by atoms with Crippen LogP contribution in [0.1, 0.15) is 24.5 Å². The van der Waals surface area contributed by atoms with Crippen LogP contribution >= 0.6 is 23.6 Å². The number of piperidine rings is 1. The van der Waals surface area contributed by atoms with Crippen molar-refractivity contribution in [3.05, 3.63) is 53.4 Å². The molecule has 2 aromatic heterocycles. The van der Waals surface area contributed by atoms with Crippen molar-refractivity contribution in [2.24, 2.45) is 0 Å². The number of hydrogen-bond acceptors (Lipinski definition) is 7. The number of ether oxygens (including phenoxy) is 1. The van der Waals surface area contributed by atoms with Gasteiger partial charge in [-0.2, -0.15) is 0 Å². The third kappa shape index (κ3) is 4.53. The molecule has 0 bridgehead atoms. The fourth-order valence-electron chi connectivity index (χ4n) is 4.01. The molecule has 1 aliphatic rings. The van der Waals surface area contributed by atoms with Crippen LogP contribution in [0.25, 0.3) is 21.2 Å². The van der Waals surface area contributed by atoms with Gasteiger partial charge in [-0.25, -0.2) is 9.37 Å². The van der Waals surface area contributed by atoms with E-state index in [4.69, 9.17) is 21.5 Å². The van der Waals surface area contributed by atoms with Crippen molar-refractivity contribution in [2.75, 3.05) is 31.6 Å². The standard InChI is InChI=1S/C22H21FN4O2S2/c23-15-1-3-17-19(11-15)29-26-21(17)14-5-7-27(8-6-14)9-10-28-22(30)25-16-2-4-18-20(12-16)31-13-24-18/h1-4,11-14H,5-10H2,(H,25,30).